The molecule has 1 aliphatic rings. The van der Waals surface area contributed by atoms with E-state index in [0.29, 0.717) is 19.5 Å². The SMILES string of the molecule is COC(=O)C(C)S(=O)(=O)N1CCCC(CCO)C1. The summed E-state index contributed by atoms with van der Waals surface area (Å²) in [5.74, 6) is -0.567. The summed E-state index contributed by atoms with van der Waals surface area (Å²) in [6.07, 6.45) is 2.27. The Labute approximate surface area is 108 Å². The number of aliphatic hydroxyl groups is 1. The lowest BCUT2D eigenvalue weighted by Crippen LogP contribution is -2.46. The van der Waals surface area contributed by atoms with Crippen LogP contribution in [0.1, 0.15) is 26.2 Å². The fourth-order valence-electron chi connectivity index (χ4n) is 2.19. The monoisotopic (exact) mass is 279 g/mol. The van der Waals surface area contributed by atoms with Crippen LogP contribution in [-0.4, -0.2) is 55.9 Å². The lowest BCUT2D eigenvalue weighted by atomic mass is 9.97. The van der Waals surface area contributed by atoms with E-state index in [1.807, 2.05) is 0 Å². The highest BCUT2D eigenvalue weighted by Gasteiger charge is 2.36. The maximum absolute atomic E-state index is 12.2. The number of hydrogen-bond acceptors (Lipinski definition) is 5. The smallest absolute Gasteiger partial charge is 0.325 e. The van der Waals surface area contributed by atoms with E-state index in [2.05, 4.69) is 4.74 Å². The van der Waals surface area contributed by atoms with Crippen molar-refractivity contribution < 1.29 is 23.1 Å². The van der Waals surface area contributed by atoms with Crippen molar-refractivity contribution >= 4 is 16.0 Å². The summed E-state index contributed by atoms with van der Waals surface area (Å²) in [5, 5.41) is 7.73. The number of methoxy groups -OCH3 is 1. The molecule has 1 N–H and O–H groups in total. The molecule has 0 amide bonds. The highest BCUT2D eigenvalue weighted by Crippen LogP contribution is 2.23. The van der Waals surface area contributed by atoms with Crippen LogP contribution in [0.15, 0.2) is 0 Å². The van der Waals surface area contributed by atoms with Gasteiger partial charge in [-0.1, -0.05) is 0 Å². The van der Waals surface area contributed by atoms with Crippen molar-refractivity contribution in [1.29, 1.82) is 0 Å². The van der Waals surface area contributed by atoms with Crippen LogP contribution in [0, 0.1) is 5.92 Å². The van der Waals surface area contributed by atoms with Gasteiger partial charge in [-0.25, -0.2) is 12.7 Å². The number of piperidine rings is 1. The van der Waals surface area contributed by atoms with Crippen LogP contribution in [0.25, 0.3) is 0 Å². The van der Waals surface area contributed by atoms with Crippen LogP contribution in [0.2, 0.25) is 0 Å². The van der Waals surface area contributed by atoms with Crippen LogP contribution in [-0.2, 0) is 19.6 Å². The molecule has 0 aromatic rings. The number of nitrogens with zero attached hydrogens (tertiary/aromatic N) is 1. The third-order valence-electron chi connectivity index (χ3n) is 3.36. The van der Waals surface area contributed by atoms with Gasteiger partial charge in [-0.3, -0.25) is 4.79 Å². The molecule has 106 valence electrons. The van der Waals surface area contributed by atoms with Gasteiger partial charge in [-0.2, -0.15) is 0 Å². The zero-order valence-electron chi connectivity index (χ0n) is 10.8. The molecule has 7 heteroatoms. The molecule has 0 radical (unpaired) electrons. The van der Waals surface area contributed by atoms with Crippen LogP contribution < -0.4 is 0 Å². The van der Waals surface area contributed by atoms with Gasteiger partial charge in [0.15, 0.2) is 5.25 Å². The standard InChI is InChI=1S/C11H21NO5S/c1-9(11(14)17-2)18(15,16)12-6-3-4-10(8-12)5-7-13/h9-10,13H,3-8H2,1-2H3. The first-order chi connectivity index (χ1) is 8.43. The number of carbonyl (C=O) groups excluding carboxylic acids is 1. The van der Waals surface area contributed by atoms with E-state index in [9.17, 15) is 13.2 Å². The Bertz CT molecular complexity index is 379. The van der Waals surface area contributed by atoms with E-state index in [1.165, 1.54) is 18.3 Å². The van der Waals surface area contributed by atoms with Crippen molar-refractivity contribution in [2.75, 3.05) is 26.8 Å². The minimum absolute atomic E-state index is 0.0606. The Morgan fingerprint density at radius 3 is 2.78 bits per heavy atom. The van der Waals surface area contributed by atoms with Crippen molar-refractivity contribution in [3.05, 3.63) is 0 Å². The summed E-state index contributed by atoms with van der Waals surface area (Å²) in [4.78, 5) is 11.3. The average Bonchev–Trinajstić information content (AvgIpc) is 2.37. The summed E-state index contributed by atoms with van der Waals surface area (Å²) in [7, 11) is -2.47. The first kappa shape index (κ1) is 15.4. The second-order valence-electron chi connectivity index (χ2n) is 4.59. The molecule has 0 bridgehead atoms. The van der Waals surface area contributed by atoms with E-state index in [1.54, 1.807) is 0 Å². The molecule has 0 aliphatic carbocycles. The maximum Gasteiger partial charge on any atom is 0.325 e. The number of carbonyl (C=O) groups is 1. The summed E-state index contributed by atoms with van der Waals surface area (Å²) < 4.78 is 30.2. The van der Waals surface area contributed by atoms with Crippen LogP contribution in [0.5, 0.6) is 0 Å². The van der Waals surface area contributed by atoms with Gasteiger partial charge in [0, 0.05) is 19.7 Å². The Balaban J connectivity index is 2.75. The second-order valence-corrected chi connectivity index (χ2v) is 6.84. The first-order valence-corrected chi connectivity index (χ1v) is 7.61. The van der Waals surface area contributed by atoms with E-state index < -0.39 is 21.2 Å². The van der Waals surface area contributed by atoms with Crippen molar-refractivity contribution in [2.45, 2.75) is 31.4 Å². The zero-order chi connectivity index (χ0) is 13.8. The highest BCUT2D eigenvalue weighted by molar-refractivity contribution is 7.90. The quantitative estimate of drug-likeness (QED) is 0.715. The first-order valence-electron chi connectivity index (χ1n) is 6.11. The molecule has 0 aromatic heterocycles. The van der Waals surface area contributed by atoms with Gasteiger partial charge in [0.05, 0.1) is 7.11 Å². The lowest BCUT2D eigenvalue weighted by molar-refractivity contribution is -0.139. The number of sulfonamides is 1. The lowest BCUT2D eigenvalue weighted by Gasteiger charge is -2.32. The third-order valence-corrected chi connectivity index (χ3v) is 5.50. The summed E-state index contributed by atoms with van der Waals surface area (Å²) >= 11 is 0. The molecule has 1 aliphatic heterocycles. The Morgan fingerprint density at radius 1 is 1.56 bits per heavy atom. The van der Waals surface area contributed by atoms with Gasteiger partial charge < -0.3 is 9.84 Å². The van der Waals surface area contributed by atoms with E-state index in [0.717, 1.165) is 12.8 Å². The predicted octanol–water partition coefficient (Wildman–Crippen LogP) is -0.0279. The van der Waals surface area contributed by atoms with E-state index >= 15 is 0 Å². The molecule has 0 aromatic carbocycles. The molecule has 0 spiro atoms. The number of aliphatic hydroxyl groups excluding tert-OH is 1. The third kappa shape index (κ3) is 3.43. The Hall–Kier alpha value is -0.660. The molecule has 18 heavy (non-hydrogen) atoms. The van der Waals surface area contributed by atoms with Crippen LogP contribution in [0.3, 0.4) is 0 Å². The largest absolute Gasteiger partial charge is 0.468 e. The fraction of sp³-hybridized carbons (Fsp3) is 0.909. The van der Waals surface area contributed by atoms with E-state index in [-0.39, 0.29) is 12.5 Å². The normalized spacial score (nSPS) is 23.6. The van der Waals surface area contributed by atoms with Crippen molar-refractivity contribution in [3.8, 4) is 0 Å². The van der Waals surface area contributed by atoms with Gasteiger partial charge in [-0.05, 0) is 32.1 Å². The number of hydrogen-bond donors (Lipinski definition) is 1. The number of rotatable bonds is 5. The Kier molecular flexibility index (Phi) is 5.55. The summed E-state index contributed by atoms with van der Waals surface area (Å²) in [5.41, 5.74) is 0. The average molecular weight is 279 g/mol. The van der Waals surface area contributed by atoms with Crippen LogP contribution in [0.4, 0.5) is 0 Å². The van der Waals surface area contributed by atoms with E-state index in [4.69, 9.17) is 5.11 Å². The molecule has 1 fully saturated rings. The molecule has 1 rings (SSSR count). The van der Waals surface area contributed by atoms with Gasteiger partial charge in [-0.15, -0.1) is 0 Å². The molecular formula is C11H21NO5S. The molecule has 1 heterocycles. The van der Waals surface area contributed by atoms with Gasteiger partial charge in [0.2, 0.25) is 10.0 Å². The summed E-state index contributed by atoms with van der Waals surface area (Å²) in [6, 6.07) is 0. The highest BCUT2D eigenvalue weighted by atomic mass is 32.2. The summed E-state index contributed by atoms with van der Waals surface area (Å²) in [6.45, 7) is 2.22. The van der Waals surface area contributed by atoms with Crippen molar-refractivity contribution in [3.63, 3.8) is 0 Å². The molecule has 2 atom stereocenters. The van der Waals surface area contributed by atoms with Crippen molar-refractivity contribution in [1.82, 2.24) is 4.31 Å². The topological polar surface area (TPSA) is 83.9 Å². The van der Waals surface area contributed by atoms with Crippen molar-refractivity contribution in [2.24, 2.45) is 5.92 Å². The minimum atomic E-state index is -3.65. The van der Waals surface area contributed by atoms with Gasteiger partial charge in [0.1, 0.15) is 0 Å². The van der Waals surface area contributed by atoms with Gasteiger partial charge >= 0.3 is 5.97 Å². The molecule has 6 nitrogen and oxygen atoms in total. The molecular weight excluding hydrogens is 258 g/mol. The minimum Gasteiger partial charge on any atom is -0.468 e. The van der Waals surface area contributed by atoms with Crippen LogP contribution >= 0.6 is 0 Å². The van der Waals surface area contributed by atoms with Gasteiger partial charge in [0.25, 0.3) is 0 Å². The Morgan fingerprint density at radius 2 is 2.22 bits per heavy atom. The number of esters is 1. The molecule has 1 saturated heterocycles. The molecule has 2 unspecified atom stereocenters. The predicted molar refractivity (Wildman–Crippen MR) is 66.4 cm³/mol. The zero-order valence-corrected chi connectivity index (χ0v) is 11.6. The maximum atomic E-state index is 12.2. The fourth-order valence-corrected chi connectivity index (χ4v) is 3.78. The molecule has 0 saturated carbocycles. The number of ether oxygens (including phenoxy) is 1. The second kappa shape index (κ2) is 6.49.